The van der Waals surface area contributed by atoms with Crippen LogP contribution in [0.25, 0.3) is 10.9 Å². The van der Waals surface area contributed by atoms with Crippen molar-refractivity contribution in [3.05, 3.63) is 53.9 Å². The topological polar surface area (TPSA) is 67.7 Å². The highest BCUT2D eigenvalue weighted by molar-refractivity contribution is 5.92. The number of aromatic nitrogens is 2. The lowest BCUT2D eigenvalue weighted by atomic mass is 9.84. The Morgan fingerprint density at radius 1 is 1.00 bits per heavy atom. The van der Waals surface area contributed by atoms with Crippen molar-refractivity contribution in [2.75, 3.05) is 32.2 Å². The van der Waals surface area contributed by atoms with Crippen LogP contribution in [0, 0.1) is 6.92 Å². The SMILES string of the molecule is COc1cc(OC)cc(C2(O)CCN(c3ncnc4cccc(C)c34)CC2)c1. The minimum atomic E-state index is -0.920. The number of aryl methyl sites for hydroxylation is 1. The van der Waals surface area contributed by atoms with Gasteiger partial charge < -0.3 is 19.5 Å². The summed E-state index contributed by atoms with van der Waals surface area (Å²) >= 11 is 0. The Bertz CT molecular complexity index is 970. The number of benzene rings is 2. The minimum absolute atomic E-state index is 0.598. The monoisotopic (exact) mass is 379 g/mol. The van der Waals surface area contributed by atoms with Crippen LogP contribution in [-0.2, 0) is 5.60 Å². The van der Waals surface area contributed by atoms with E-state index in [-0.39, 0.29) is 0 Å². The molecule has 1 aromatic heterocycles. The summed E-state index contributed by atoms with van der Waals surface area (Å²) in [6.45, 7) is 3.49. The molecule has 1 saturated heterocycles. The van der Waals surface area contributed by atoms with E-state index in [1.165, 1.54) is 0 Å². The van der Waals surface area contributed by atoms with E-state index in [1.54, 1.807) is 20.5 Å². The largest absolute Gasteiger partial charge is 0.497 e. The van der Waals surface area contributed by atoms with Crippen molar-refractivity contribution >= 4 is 16.7 Å². The maximum atomic E-state index is 11.3. The van der Waals surface area contributed by atoms with Crippen LogP contribution in [0.4, 0.5) is 5.82 Å². The van der Waals surface area contributed by atoms with Gasteiger partial charge in [0, 0.05) is 24.5 Å². The Morgan fingerprint density at radius 3 is 2.32 bits per heavy atom. The van der Waals surface area contributed by atoms with Crippen LogP contribution in [0.5, 0.6) is 11.5 Å². The Morgan fingerprint density at radius 2 is 1.68 bits per heavy atom. The molecule has 0 radical (unpaired) electrons. The van der Waals surface area contributed by atoms with E-state index in [0.717, 1.165) is 27.8 Å². The summed E-state index contributed by atoms with van der Waals surface area (Å²) in [6, 6.07) is 11.7. The molecule has 0 unspecified atom stereocenters. The molecule has 4 rings (SSSR count). The average molecular weight is 379 g/mol. The summed E-state index contributed by atoms with van der Waals surface area (Å²) in [5, 5.41) is 12.4. The lowest BCUT2D eigenvalue weighted by Gasteiger charge is -2.39. The molecule has 1 aliphatic rings. The van der Waals surface area contributed by atoms with E-state index in [9.17, 15) is 5.11 Å². The van der Waals surface area contributed by atoms with Crippen LogP contribution >= 0.6 is 0 Å². The molecular formula is C22H25N3O3. The third kappa shape index (κ3) is 3.24. The van der Waals surface area contributed by atoms with Gasteiger partial charge in [-0.3, -0.25) is 0 Å². The van der Waals surface area contributed by atoms with Gasteiger partial charge in [-0.25, -0.2) is 9.97 Å². The fourth-order valence-corrected chi connectivity index (χ4v) is 3.95. The zero-order chi connectivity index (χ0) is 19.7. The van der Waals surface area contributed by atoms with Gasteiger partial charge in [0.1, 0.15) is 23.6 Å². The predicted octanol–water partition coefficient (Wildman–Crippen LogP) is 3.44. The first kappa shape index (κ1) is 18.5. The predicted molar refractivity (Wildman–Crippen MR) is 109 cm³/mol. The molecule has 146 valence electrons. The van der Waals surface area contributed by atoms with Crippen LogP contribution in [-0.4, -0.2) is 42.4 Å². The highest BCUT2D eigenvalue weighted by Gasteiger charge is 2.35. The van der Waals surface area contributed by atoms with Crippen LogP contribution in [0.3, 0.4) is 0 Å². The maximum Gasteiger partial charge on any atom is 0.140 e. The first-order valence-corrected chi connectivity index (χ1v) is 9.45. The zero-order valence-electron chi connectivity index (χ0n) is 16.5. The molecule has 0 bridgehead atoms. The van der Waals surface area contributed by atoms with Gasteiger partial charge in [-0.1, -0.05) is 12.1 Å². The summed E-state index contributed by atoms with van der Waals surface area (Å²) in [4.78, 5) is 11.2. The van der Waals surface area contributed by atoms with Crippen LogP contribution < -0.4 is 14.4 Å². The first-order valence-electron chi connectivity index (χ1n) is 9.45. The van der Waals surface area contributed by atoms with Gasteiger partial charge >= 0.3 is 0 Å². The third-order valence-electron chi connectivity index (χ3n) is 5.63. The summed E-state index contributed by atoms with van der Waals surface area (Å²) < 4.78 is 10.7. The number of methoxy groups -OCH3 is 2. The molecule has 1 N–H and O–H groups in total. The molecule has 0 atom stereocenters. The standard InChI is InChI=1S/C22H25N3O3/c1-15-5-4-6-19-20(15)21(24-14-23-19)25-9-7-22(26,8-10-25)16-11-17(27-2)13-18(12-16)28-3/h4-6,11-14,26H,7-10H2,1-3H3. The molecule has 2 heterocycles. The maximum absolute atomic E-state index is 11.3. The van der Waals surface area contributed by atoms with E-state index in [0.29, 0.717) is 37.4 Å². The van der Waals surface area contributed by atoms with Gasteiger partial charge in [0.05, 0.1) is 25.3 Å². The summed E-state index contributed by atoms with van der Waals surface area (Å²) in [5.74, 6) is 2.30. The number of rotatable bonds is 4. The summed E-state index contributed by atoms with van der Waals surface area (Å²) in [6.07, 6.45) is 2.81. The van der Waals surface area contributed by atoms with Crippen molar-refractivity contribution in [1.82, 2.24) is 9.97 Å². The van der Waals surface area contributed by atoms with Gasteiger partial charge in [-0.2, -0.15) is 0 Å². The first-order chi connectivity index (χ1) is 13.5. The van der Waals surface area contributed by atoms with E-state index in [1.807, 2.05) is 30.3 Å². The second-order valence-electron chi connectivity index (χ2n) is 7.29. The lowest BCUT2D eigenvalue weighted by Crippen LogP contribution is -2.43. The molecule has 0 aliphatic carbocycles. The van der Waals surface area contributed by atoms with Crippen molar-refractivity contribution in [2.45, 2.75) is 25.4 Å². The minimum Gasteiger partial charge on any atom is -0.497 e. The highest BCUT2D eigenvalue weighted by Crippen LogP contribution is 2.38. The molecule has 0 saturated carbocycles. The van der Waals surface area contributed by atoms with Crippen LogP contribution in [0.1, 0.15) is 24.0 Å². The Labute approximate surface area is 164 Å². The molecule has 6 heteroatoms. The van der Waals surface area contributed by atoms with E-state index in [2.05, 4.69) is 27.9 Å². The summed E-state index contributed by atoms with van der Waals surface area (Å²) in [7, 11) is 3.24. The van der Waals surface area contributed by atoms with Gasteiger partial charge in [-0.15, -0.1) is 0 Å². The van der Waals surface area contributed by atoms with E-state index >= 15 is 0 Å². The van der Waals surface area contributed by atoms with Gasteiger partial charge in [0.25, 0.3) is 0 Å². The van der Waals surface area contributed by atoms with Crippen molar-refractivity contribution in [2.24, 2.45) is 0 Å². The fourth-order valence-electron chi connectivity index (χ4n) is 3.95. The van der Waals surface area contributed by atoms with Gasteiger partial charge in [0.2, 0.25) is 0 Å². The third-order valence-corrected chi connectivity index (χ3v) is 5.63. The van der Waals surface area contributed by atoms with Crippen molar-refractivity contribution in [3.8, 4) is 11.5 Å². The van der Waals surface area contributed by atoms with Crippen LogP contribution in [0.2, 0.25) is 0 Å². The fraction of sp³-hybridized carbons (Fsp3) is 0.364. The number of hydrogen-bond donors (Lipinski definition) is 1. The number of fused-ring (bicyclic) bond motifs is 1. The number of anilines is 1. The highest BCUT2D eigenvalue weighted by atomic mass is 16.5. The number of hydrogen-bond acceptors (Lipinski definition) is 6. The second kappa shape index (κ2) is 7.28. The number of aliphatic hydroxyl groups is 1. The van der Waals surface area contributed by atoms with Crippen molar-refractivity contribution in [1.29, 1.82) is 0 Å². The molecule has 3 aromatic rings. The number of ether oxygens (including phenoxy) is 2. The molecule has 0 amide bonds. The smallest absolute Gasteiger partial charge is 0.140 e. The Balaban J connectivity index is 1.62. The van der Waals surface area contributed by atoms with Crippen molar-refractivity contribution < 1.29 is 14.6 Å². The second-order valence-corrected chi connectivity index (χ2v) is 7.29. The molecular weight excluding hydrogens is 354 g/mol. The lowest BCUT2D eigenvalue weighted by molar-refractivity contribution is 0.0113. The molecule has 2 aromatic carbocycles. The quantitative estimate of drug-likeness (QED) is 0.749. The zero-order valence-corrected chi connectivity index (χ0v) is 16.5. The van der Waals surface area contributed by atoms with Crippen molar-refractivity contribution in [3.63, 3.8) is 0 Å². The average Bonchev–Trinajstić information content (AvgIpc) is 2.73. The molecule has 28 heavy (non-hydrogen) atoms. The normalized spacial score (nSPS) is 16.2. The van der Waals surface area contributed by atoms with Gasteiger partial charge in [0.15, 0.2) is 0 Å². The Hall–Kier alpha value is -2.86. The Kier molecular flexibility index (Phi) is 4.81. The van der Waals surface area contributed by atoms with Crippen LogP contribution in [0.15, 0.2) is 42.7 Å². The molecule has 1 aliphatic heterocycles. The van der Waals surface area contributed by atoms with Gasteiger partial charge in [-0.05, 0) is 49.1 Å². The molecule has 1 fully saturated rings. The summed E-state index contributed by atoms with van der Waals surface area (Å²) in [5.41, 5.74) is 2.01. The van der Waals surface area contributed by atoms with E-state index in [4.69, 9.17) is 9.47 Å². The molecule has 6 nitrogen and oxygen atoms in total. The number of nitrogens with zero attached hydrogens (tertiary/aromatic N) is 3. The number of piperidine rings is 1. The molecule has 0 spiro atoms. The van der Waals surface area contributed by atoms with E-state index < -0.39 is 5.60 Å².